The van der Waals surface area contributed by atoms with Gasteiger partial charge in [-0.15, -0.1) is 0 Å². The normalized spacial score (nSPS) is 22.9. The minimum atomic E-state index is -1.34. The van der Waals surface area contributed by atoms with Gasteiger partial charge in [0.25, 0.3) is 11.6 Å². The predicted molar refractivity (Wildman–Crippen MR) is 89.9 cm³/mol. The smallest absolute Gasteiger partial charge is 0.329 e. The highest BCUT2D eigenvalue weighted by molar-refractivity contribution is 5.99. The lowest BCUT2D eigenvalue weighted by Crippen LogP contribution is -2.56. The van der Waals surface area contributed by atoms with E-state index in [0.717, 1.165) is 6.07 Å². The van der Waals surface area contributed by atoms with Crippen LogP contribution in [-0.2, 0) is 4.79 Å². The van der Waals surface area contributed by atoms with Crippen LogP contribution in [0.2, 0.25) is 0 Å². The van der Waals surface area contributed by atoms with E-state index in [1.807, 2.05) is 6.92 Å². The molecule has 0 heterocycles. The monoisotopic (exact) mass is 350 g/mol. The van der Waals surface area contributed by atoms with Crippen molar-refractivity contribution in [1.82, 2.24) is 5.32 Å². The summed E-state index contributed by atoms with van der Waals surface area (Å²) in [4.78, 5) is 35.0. The number of nitrogens with zero attached hydrogens (tertiary/aromatic N) is 1. The third-order valence-corrected chi connectivity index (χ3v) is 4.90. The number of aliphatic carboxylic acids is 1. The average Bonchev–Trinajstić information content (AvgIpc) is 2.56. The van der Waals surface area contributed by atoms with E-state index in [0.29, 0.717) is 37.2 Å². The number of amides is 1. The molecule has 136 valence electrons. The fourth-order valence-electron chi connectivity index (χ4n) is 3.14. The average molecular weight is 350 g/mol. The van der Waals surface area contributed by atoms with Crippen molar-refractivity contribution in [3.63, 3.8) is 0 Å². The van der Waals surface area contributed by atoms with E-state index in [2.05, 4.69) is 5.32 Å². The molecule has 8 heteroatoms. The molecule has 0 radical (unpaired) electrons. The molecule has 0 aliphatic heterocycles. The van der Waals surface area contributed by atoms with Crippen LogP contribution in [0.15, 0.2) is 12.1 Å². The highest BCUT2D eigenvalue weighted by Crippen LogP contribution is 2.34. The number of methoxy groups -OCH3 is 1. The third-order valence-electron chi connectivity index (χ3n) is 4.90. The summed E-state index contributed by atoms with van der Waals surface area (Å²) < 4.78 is 5.10. The number of carbonyl (C=O) groups is 2. The van der Waals surface area contributed by atoms with Crippen molar-refractivity contribution in [1.29, 1.82) is 0 Å². The van der Waals surface area contributed by atoms with Crippen LogP contribution in [0.5, 0.6) is 5.75 Å². The van der Waals surface area contributed by atoms with Gasteiger partial charge in [0, 0.05) is 11.6 Å². The Balaban J connectivity index is 2.35. The van der Waals surface area contributed by atoms with E-state index in [1.165, 1.54) is 20.1 Å². The molecule has 2 N–H and O–H groups in total. The first-order valence-corrected chi connectivity index (χ1v) is 8.09. The Morgan fingerprint density at radius 3 is 2.44 bits per heavy atom. The molecule has 2 rings (SSSR count). The van der Waals surface area contributed by atoms with E-state index in [9.17, 15) is 24.8 Å². The fraction of sp³-hybridized carbons (Fsp3) is 0.529. The second-order valence-corrected chi connectivity index (χ2v) is 6.60. The summed E-state index contributed by atoms with van der Waals surface area (Å²) in [5, 5.41) is 23.4. The summed E-state index contributed by atoms with van der Waals surface area (Å²) in [5.74, 6) is -1.12. The summed E-state index contributed by atoms with van der Waals surface area (Å²) in [6, 6.07) is 2.53. The Morgan fingerprint density at radius 2 is 1.96 bits per heavy atom. The van der Waals surface area contributed by atoms with Gasteiger partial charge in [-0.2, -0.15) is 0 Å². The number of nitro benzene ring substituents is 1. The van der Waals surface area contributed by atoms with Crippen LogP contribution >= 0.6 is 0 Å². The lowest BCUT2D eigenvalue weighted by atomic mass is 9.77. The van der Waals surface area contributed by atoms with Gasteiger partial charge in [0.15, 0.2) is 0 Å². The second-order valence-electron chi connectivity index (χ2n) is 6.60. The molecule has 0 saturated heterocycles. The molecular weight excluding hydrogens is 328 g/mol. The summed E-state index contributed by atoms with van der Waals surface area (Å²) in [6.45, 7) is 3.57. The van der Waals surface area contributed by atoms with Crippen LogP contribution < -0.4 is 10.1 Å². The fourth-order valence-corrected chi connectivity index (χ4v) is 3.14. The number of nitrogens with one attached hydrogen (secondary N) is 1. The zero-order chi connectivity index (χ0) is 18.8. The van der Waals surface area contributed by atoms with Gasteiger partial charge in [-0.05, 0) is 44.6 Å². The molecule has 1 amide bonds. The number of carboxylic acids is 1. The molecule has 1 aliphatic rings. The molecule has 25 heavy (non-hydrogen) atoms. The van der Waals surface area contributed by atoms with Crippen LogP contribution in [0.1, 0.15) is 48.5 Å². The van der Waals surface area contributed by atoms with Gasteiger partial charge in [0.05, 0.1) is 17.6 Å². The van der Waals surface area contributed by atoms with Gasteiger partial charge >= 0.3 is 5.97 Å². The Bertz CT molecular complexity index is 707. The molecule has 1 aromatic rings. The molecule has 0 atom stereocenters. The number of carboxylic acid groups (broad SMARTS) is 1. The van der Waals surface area contributed by atoms with Crippen molar-refractivity contribution in [2.24, 2.45) is 5.92 Å². The van der Waals surface area contributed by atoms with Crippen molar-refractivity contribution < 1.29 is 24.4 Å². The highest BCUT2D eigenvalue weighted by atomic mass is 16.6. The number of benzene rings is 1. The minimum Gasteiger partial charge on any atom is -0.496 e. The van der Waals surface area contributed by atoms with E-state index < -0.39 is 22.3 Å². The number of rotatable bonds is 5. The summed E-state index contributed by atoms with van der Waals surface area (Å²) in [7, 11) is 1.36. The van der Waals surface area contributed by atoms with Gasteiger partial charge in [-0.3, -0.25) is 14.9 Å². The van der Waals surface area contributed by atoms with Gasteiger partial charge in [0.1, 0.15) is 11.3 Å². The highest BCUT2D eigenvalue weighted by Gasteiger charge is 2.42. The van der Waals surface area contributed by atoms with Crippen LogP contribution in [-0.4, -0.2) is 34.6 Å². The maximum atomic E-state index is 12.6. The molecule has 1 aliphatic carbocycles. The zero-order valence-corrected chi connectivity index (χ0v) is 14.5. The molecule has 0 bridgehead atoms. The standard InChI is InChI=1S/C17H22N2O6/c1-10-4-6-17(7-5-10,16(21)22)18-15(20)12-8-13(19(23)24)11(2)14(9-12)25-3/h8-10H,4-7H2,1-3H3,(H,18,20)(H,21,22). The third kappa shape index (κ3) is 3.72. The first kappa shape index (κ1) is 18.7. The zero-order valence-electron chi connectivity index (χ0n) is 14.5. The molecule has 1 fully saturated rings. The van der Waals surface area contributed by atoms with Crippen LogP contribution in [0.4, 0.5) is 5.69 Å². The number of nitro groups is 1. The largest absolute Gasteiger partial charge is 0.496 e. The molecule has 1 saturated carbocycles. The maximum absolute atomic E-state index is 12.6. The van der Waals surface area contributed by atoms with Gasteiger partial charge in [-0.1, -0.05) is 6.92 Å². The summed E-state index contributed by atoms with van der Waals surface area (Å²) in [5.41, 5.74) is -1.26. The van der Waals surface area contributed by atoms with E-state index in [-0.39, 0.29) is 17.0 Å². The molecule has 1 aromatic carbocycles. The SMILES string of the molecule is COc1cc(C(=O)NC2(C(=O)O)CCC(C)CC2)cc([N+](=O)[O-])c1C. The summed E-state index contributed by atoms with van der Waals surface area (Å²) in [6.07, 6.45) is 2.06. The molecule has 0 spiro atoms. The maximum Gasteiger partial charge on any atom is 0.329 e. The predicted octanol–water partition coefficient (Wildman–Crippen LogP) is 2.68. The van der Waals surface area contributed by atoms with E-state index in [1.54, 1.807) is 0 Å². The lowest BCUT2D eigenvalue weighted by Gasteiger charge is -2.36. The molecular formula is C17H22N2O6. The van der Waals surface area contributed by atoms with Gasteiger partial charge in [0.2, 0.25) is 0 Å². The van der Waals surface area contributed by atoms with Crippen LogP contribution in [0.25, 0.3) is 0 Å². The minimum absolute atomic E-state index is 0.00777. The number of carbonyl (C=O) groups excluding carboxylic acids is 1. The van der Waals surface area contributed by atoms with Gasteiger partial charge in [-0.25, -0.2) is 4.79 Å². The number of hydrogen-bond donors (Lipinski definition) is 2. The van der Waals surface area contributed by atoms with E-state index >= 15 is 0 Å². The van der Waals surface area contributed by atoms with Crippen LogP contribution in [0, 0.1) is 23.0 Å². The first-order chi connectivity index (χ1) is 11.7. The Kier molecular flexibility index (Phi) is 5.30. The van der Waals surface area contributed by atoms with Crippen molar-refractivity contribution >= 4 is 17.6 Å². The Morgan fingerprint density at radius 1 is 1.36 bits per heavy atom. The lowest BCUT2D eigenvalue weighted by molar-refractivity contribution is -0.385. The van der Waals surface area contributed by atoms with Crippen molar-refractivity contribution in [3.8, 4) is 5.75 Å². The second kappa shape index (κ2) is 7.08. The molecule has 0 aromatic heterocycles. The van der Waals surface area contributed by atoms with Crippen LogP contribution in [0.3, 0.4) is 0 Å². The van der Waals surface area contributed by atoms with Crippen molar-refractivity contribution in [2.45, 2.75) is 45.1 Å². The van der Waals surface area contributed by atoms with E-state index in [4.69, 9.17) is 4.74 Å². The number of ether oxygens (including phenoxy) is 1. The topological polar surface area (TPSA) is 119 Å². The molecule has 0 unspecified atom stereocenters. The quantitative estimate of drug-likeness (QED) is 0.622. The molecule has 8 nitrogen and oxygen atoms in total. The van der Waals surface area contributed by atoms with Crippen molar-refractivity contribution in [2.75, 3.05) is 7.11 Å². The Hall–Kier alpha value is -2.64. The van der Waals surface area contributed by atoms with Gasteiger partial charge < -0.3 is 15.2 Å². The Labute approximate surface area is 145 Å². The van der Waals surface area contributed by atoms with Crippen molar-refractivity contribution in [3.05, 3.63) is 33.4 Å². The number of hydrogen-bond acceptors (Lipinski definition) is 5. The first-order valence-electron chi connectivity index (χ1n) is 8.09. The summed E-state index contributed by atoms with van der Waals surface area (Å²) >= 11 is 0.